The summed E-state index contributed by atoms with van der Waals surface area (Å²) in [5, 5.41) is 10.9. The fourth-order valence-electron chi connectivity index (χ4n) is 4.34. The van der Waals surface area contributed by atoms with E-state index in [-0.39, 0.29) is 23.5 Å². The molecular weight excluding hydrogens is 478 g/mol. The average molecular weight is 499 g/mol. The number of fused-ring (bicyclic) bond motifs is 2. The summed E-state index contributed by atoms with van der Waals surface area (Å²) in [6.07, 6.45) is -0.0192. The molecule has 4 aromatic rings. The van der Waals surface area contributed by atoms with Gasteiger partial charge in [-0.3, -0.25) is 4.57 Å². The van der Waals surface area contributed by atoms with Crippen LogP contribution in [0.25, 0.3) is 16.8 Å². The maximum atomic E-state index is 14.6. The topological polar surface area (TPSA) is 81.1 Å². The number of nitrogens with one attached hydrogen (secondary N) is 1. The van der Waals surface area contributed by atoms with Crippen molar-refractivity contribution in [1.29, 1.82) is 0 Å². The van der Waals surface area contributed by atoms with Crippen LogP contribution in [-0.2, 0) is 26.2 Å². The van der Waals surface area contributed by atoms with Crippen LogP contribution in [0.15, 0.2) is 47.0 Å². The number of ether oxygens (including phenoxy) is 1. The van der Waals surface area contributed by atoms with Crippen LogP contribution in [0.4, 0.5) is 23.5 Å². The van der Waals surface area contributed by atoms with E-state index in [2.05, 4.69) is 32.2 Å². The Morgan fingerprint density at radius 1 is 1.22 bits per heavy atom. The van der Waals surface area contributed by atoms with E-state index in [1.165, 1.54) is 16.7 Å². The van der Waals surface area contributed by atoms with Gasteiger partial charge in [0.1, 0.15) is 17.2 Å². The molecule has 0 radical (unpaired) electrons. The number of nitrogens with zero attached hydrogens (tertiary/aromatic N) is 6. The largest absolute Gasteiger partial charge is 0.493 e. The molecule has 0 bridgehead atoms. The zero-order chi connectivity index (χ0) is 25.6. The lowest BCUT2D eigenvalue weighted by Gasteiger charge is -2.15. The van der Waals surface area contributed by atoms with Gasteiger partial charge < -0.3 is 14.5 Å². The lowest BCUT2D eigenvalue weighted by atomic mass is 10.0. The van der Waals surface area contributed by atoms with E-state index >= 15 is 0 Å². The van der Waals surface area contributed by atoms with E-state index in [0.29, 0.717) is 47.0 Å². The van der Waals surface area contributed by atoms with Crippen LogP contribution in [0, 0.1) is 12.7 Å². The molecule has 0 amide bonds. The minimum Gasteiger partial charge on any atom is -0.493 e. The van der Waals surface area contributed by atoms with Gasteiger partial charge in [0.05, 0.1) is 6.61 Å². The lowest BCUT2D eigenvalue weighted by Crippen LogP contribution is -2.25. The van der Waals surface area contributed by atoms with Crippen LogP contribution in [0.3, 0.4) is 0 Å². The normalized spacial score (nSPS) is 13.7. The number of anilines is 1. The highest BCUT2D eigenvalue weighted by Crippen LogP contribution is 2.32. The monoisotopic (exact) mass is 499 g/mol. The minimum atomic E-state index is -4.60. The predicted octanol–water partition coefficient (Wildman–Crippen LogP) is 4.26. The molecule has 0 aliphatic carbocycles. The first kappa shape index (κ1) is 23.5. The molecule has 0 atom stereocenters. The Labute approximate surface area is 202 Å². The van der Waals surface area contributed by atoms with Crippen LogP contribution < -0.4 is 15.5 Å². The van der Waals surface area contributed by atoms with E-state index in [4.69, 9.17) is 4.74 Å². The fourth-order valence-corrected chi connectivity index (χ4v) is 4.34. The van der Waals surface area contributed by atoms with Crippen molar-refractivity contribution in [3.63, 3.8) is 0 Å². The number of halogens is 4. The second-order valence-electron chi connectivity index (χ2n) is 8.36. The average Bonchev–Trinajstić information content (AvgIpc) is 3.47. The van der Waals surface area contributed by atoms with E-state index in [1.807, 2.05) is 0 Å². The summed E-state index contributed by atoms with van der Waals surface area (Å²) in [5.74, 6) is 0.652. The summed E-state index contributed by atoms with van der Waals surface area (Å²) >= 11 is 0. The molecule has 12 heteroatoms. The first-order chi connectivity index (χ1) is 17.2. The first-order valence-electron chi connectivity index (χ1n) is 11.0. The third kappa shape index (κ3) is 4.08. The quantitative estimate of drug-likeness (QED) is 0.253. The summed E-state index contributed by atoms with van der Waals surface area (Å²) in [5.41, 5.74) is 2.17. The molecule has 0 saturated heterocycles. The number of aryl methyl sites for hydroxylation is 1. The van der Waals surface area contributed by atoms with Gasteiger partial charge in [-0.2, -0.15) is 18.3 Å². The summed E-state index contributed by atoms with van der Waals surface area (Å²) in [6.45, 7) is 5.82. The Morgan fingerprint density at radius 2 is 2.03 bits per heavy atom. The molecule has 1 aliphatic rings. The molecule has 186 valence electrons. The molecule has 0 unspecified atom stereocenters. The number of aromatic nitrogens is 4. The fraction of sp³-hybridized carbons (Fsp3) is 0.250. The molecule has 36 heavy (non-hydrogen) atoms. The van der Waals surface area contributed by atoms with Gasteiger partial charge in [-0.1, -0.05) is 0 Å². The van der Waals surface area contributed by atoms with Crippen molar-refractivity contribution in [2.45, 2.75) is 26.1 Å². The standard InChI is InChI=1S/C24H21F4N7O/c1-13-8-15(21-32-20(24(26,27)28)12-35(21)11-13)17-10-31-23(34(3)22(17)33-29-2)30-9-16-14-6-7-36-19(14)5-4-18(16)25/h4-5,8,10-12H,2,6-7,9H2,1,3H3,(H,30,31)/b33-22-. The van der Waals surface area contributed by atoms with Crippen LogP contribution in [0.2, 0.25) is 0 Å². The highest BCUT2D eigenvalue weighted by molar-refractivity contribution is 5.77. The van der Waals surface area contributed by atoms with Gasteiger partial charge in [-0.15, -0.1) is 5.10 Å². The molecule has 5 rings (SSSR count). The third-order valence-corrected chi connectivity index (χ3v) is 5.99. The Balaban J connectivity index is 1.59. The SMILES string of the molecule is C=N/N=c1/c(-c2cc(C)cn3cc(C(F)(F)F)nc23)cnc(NCc2c(F)ccc3c2CCO3)n1C. The van der Waals surface area contributed by atoms with Gasteiger partial charge in [0, 0.05) is 67.6 Å². The number of benzene rings is 1. The van der Waals surface area contributed by atoms with Crippen LogP contribution >= 0.6 is 0 Å². The molecule has 1 N–H and O–H groups in total. The molecule has 4 heterocycles. The van der Waals surface area contributed by atoms with E-state index in [9.17, 15) is 17.6 Å². The van der Waals surface area contributed by atoms with Crippen LogP contribution in [0.5, 0.6) is 5.75 Å². The number of hydrogen-bond donors (Lipinski definition) is 1. The summed E-state index contributed by atoms with van der Waals surface area (Å²) in [6, 6.07) is 4.68. The zero-order valence-corrected chi connectivity index (χ0v) is 19.4. The maximum Gasteiger partial charge on any atom is 0.434 e. The Kier molecular flexibility index (Phi) is 5.73. The molecule has 1 aromatic carbocycles. The molecular formula is C24H21F4N7O. The summed E-state index contributed by atoms with van der Waals surface area (Å²) < 4.78 is 63.0. The van der Waals surface area contributed by atoms with Crippen molar-refractivity contribution in [2.24, 2.45) is 17.3 Å². The van der Waals surface area contributed by atoms with Crippen LogP contribution in [-0.4, -0.2) is 32.3 Å². The predicted molar refractivity (Wildman–Crippen MR) is 125 cm³/mol. The molecule has 1 aliphatic heterocycles. The van der Waals surface area contributed by atoms with Crippen LogP contribution in [0.1, 0.15) is 22.4 Å². The number of rotatable bonds is 5. The molecule has 3 aromatic heterocycles. The van der Waals surface area contributed by atoms with Gasteiger partial charge >= 0.3 is 6.18 Å². The number of hydrogen-bond acceptors (Lipinski definition) is 6. The van der Waals surface area contributed by atoms with E-state index < -0.39 is 11.9 Å². The van der Waals surface area contributed by atoms with Crippen molar-refractivity contribution >= 4 is 18.3 Å². The Hall–Kier alpha value is -4.22. The number of imidazole rings is 1. The lowest BCUT2D eigenvalue weighted by molar-refractivity contribution is -0.140. The maximum absolute atomic E-state index is 14.6. The van der Waals surface area contributed by atoms with Crippen molar-refractivity contribution in [3.05, 3.63) is 70.5 Å². The molecule has 0 fully saturated rings. The summed E-state index contributed by atoms with van der Waals surface area (Å²) in [7, 11) is 1.66. The number of pyridine rings is 1. The number of alkyl halides is 3. The van der Waals surface area contributed by atoms with Gasteiger partial charge in [-0.05, 0) is 30.7 Å². The zero-order valence-electron chi connectivity index (χ0n) is 19.4. The second-order valence-corrected chi connectivity index (χ2v) is 8.36. The smallest absolute Gasteiger partial charge is 0.434 e. The molecule has 8 nitrogen and oxygen atoms in total. The van der Waals surface area contributed by atoms with Crippen molar-refractivity contribution < 1.29 is 22.3 Å². The van der Waals surface area contributed by atoms with E-state index in [1.54, 1.807) is 36.9 Å². The van der Waals surface area contributed by atoms with Crippen molar-refractivity contribution in [2.75, 3.05) is 11.9 Å². The van der Waals surface area contributed by atoms with E-state index in [0.717, 1.165) is 11.8 Å². The first-order valence-corrected chi connectivity index (χ1v) is 11.0. The highest BCUT2D eigenvalue weighted by atomic mass is 19.4. The van der Waals surface area contributed by atoms with Gasteiger partial charge in [0.2, 0.25) is 5.95 Å². The van der Waals surface area contributed by atoms with Gasteiger partial charge in [0.25, 0.3) is 0 Å². The van der Waals surface area contributed by atoms with Gasteiger partial charge in [-0.25, -0.2) is 14.4 Å². The minimum absolute atomic E-state index is 0.0952. The molecule has 0 saturated carbocycles. The van der Waals surface area contributed by atoms with Gasteiger partial charge in [0.15, 0.2) is 11.2 Å². The summed E-state index contributed by atoms with van der Waals surface area (Å²) in [4.78, 5) is 8.26. The molecule has 0 spiro atoms. The van der Waals surface area contributed by atoms with Crippen molar-refractivity contribution in [1.82, 2.24) is 18.9 Å². The van der Waals surface area contributed by atoms with Crippen molar-refractivity contribution in [3.8, 4) is 16.9 Å². The highest BCUT2D eigenvalue weighted by Gasteiger charge is 2.34. The second kappa shape index (κ2) is 8.77. The Bertz CT molecular complexity index is 1570. The third-order valence-electron chi connectivity index (χ3n) is 5.99. The Morgan fingerprint density at radius 3 is 2.78 bits per heavy atom.